The van der Waals surface area contributed by atoms with Gasteiger partial charge in [-0.05, 0) is 43.2 Å². The van der Waals surface area contributed by atoms with Crippen molar-refractivity contribution in [3.63, 3.8) is 0 Å². The quantitative estimate of drug-likeness (QED) is 0.739. The minimum atomic E-state index is -0.999. The van der Waals surface area contributed by atoms with E-state index in [0.29, 0.717) is 29.3 Å². The smallest absolute Gasteiger partial charge is 0.325 e. The van der Waals surface area contributed by atoms with Gasteiger partial charge in [-0.15, -0.1) is 0 Å². The Morgan fingerprint density at radius 2 is 2.03 bits per heavy atom. The fourth-order valence-electron chi connectivity index (χ4n) is 3.60. The van der Waals surface area contributed by atoms with E-state index in [1.807, 2.05) is 12.1 Å². The number of hydrogen-bond donors (Lipinski definition) is 1. The van der Waals surface area contributed by atoms with E-state index in [4.69, 9.17) is 16.0 Å². The first kappa shape index (κ1) is 20.2. The van der Waals surface area contributed by atoms with Gasteiger partial charge in [-0.1, -0.05) is 30.7 Å². The summed E-state index contributed by atoms with van der Waals surface area (Å²) in [7, 11) is 0. The van der Waals surface area contributed by atoms with Crippen molar-refractivity contribution in [2.45, 2.75) is 38.3 Å². The minimum absolute atomic E-state index is 0.394. The molecule has 4 rings (SSSR count). The van der Waals surface area contributed by atoms with Crippen LogP contribution in [0.4, 0.5) is 4.79 Å². The van der Waals surface area contributed by atoms with Gasteiger partial charge in [0.2, 0.25) is 0 Å². The standard InChI is InChI=1S/C21H21ClN4O4/c1-3-21(2)19(28)25(20(29)23-21)12-18(27)26-16(17-5-4-10-30-17)11-15(24-26)13-6-8-14(22)9-7-13/h4-10,16H,3,11-12H2,1-2H3,(H,23,29)/t16-,21+/m0/s1. The van der Waals surface area contributed by atoms with E-state index in [-0.39, 0.29) is 0 Å². The van der Waals surface area contributed by atoms with Gasteiger partial charge in [-0.2, -0.15) is 5.10 Å². The van der Waals surface area contributed by atoms with Gasteiger partial charge in [-0.3, -0.25) is 14.5 Å². The Labute approximate surface area is 178 Å². The molecule has 3 heterocycles. The van der Waals surface area contributed by atoms with Crippen molar-refractivity contribution >= 4 is 35.2 Å². The Morgan fingerprint density at radius 1 is 1.30 bits per heavy atom. The highest BCUT2D eigenvalue weighted by Gasteiger charge is 2.48. The molecule has 2 aliphatic rings. The second-order valence-electron chi connectivity index (χ2n) is 7.53. The zero-order chi connectivity index (χ0) is 21.5. The first-order valence-corrected chi connectivity index (χ1v) is 10.0. The lowest BCUT2D eigenvalue weighted by molar-refractivity contribution is -0.140. The fourth-order valence-corrected chi connectivity index (χ4v) is 3.72. The number of carbonyl (C=O) groups is 3. The molecule has 0 spiro atoms. The molecule has 0 saturated carbocycles. The van der Waals surface area contributed by atoms with Gasteiger partial charge in [0, 0.05) is 11.4 Å². The van der Waals surface area contributed by atoms with E-state index in [1.165, 1.54) is 11.3 Å². The summed E-state index contributed by atoms with van der Waals surface area (Å²) in [5.74, 6) is -0.310. The number of amides is 4. The number of hydrazone groups is 1. The van der Waals surface area contributed by atoms with Crippen LogP contribution < -0.4 is 5.32 Å². The number of nitrogens with one attached hydrogen (secondary N) is 1. The maximum absolute atomic E-state index is 13.1. The second-order valence-corrected chi connectivity index (χ2v) is 7.97. The highest BCUT2D eigenvalue weighted by Crippen LogP contribution is 2.33. The molecule has 2 aromatic rings. The van der Waals surface area contributed by atoms with Crippen molar-refractivity contribution in [1.82, 2.24) is 15.2 Å². The van der Waals surface area contributed by atoms with Gasteiger partial charge in [-0.25, -0.2) is 9.80 Å². The molecule has 156 valence electrons. The van der Waals surface area contributed by atoms with Crippen LogP contribution >= 0.6 is 11.6 Å². The number of hydrogen-bond acceptors (Lipinski definition) is 5. The molecule has 8 nitrogen and oxygen atoms in total. The number of benzene rings is 1. The average Bonchev–Trinajstić information content (AvgIpc) is 3.44. The lowest BCUT2D eigenvalue weighted by Gasteiger charge is -2.23. The molecular formula is C21H21ClN4O4. The zero-order valence-corrected chi connectivity index (χ0v) is 17.3. The number of urea groups is 1. The van der Waals surface area contributed by atoms with Crippen molar-refractivity contribution in [1.29, 1.82) is 0 Å². The molecule has 2 aliphatic heterocycles. The van der Waals surface area contributed by atoms with Crippen molar-refractivity contribution in [2.24, 2.45) is 5.10 Å². The highest BCUT2D eigenvalue weighted by atomic mass is 35.5. The van der Waals surface area contributed by atoms with Crippen molar-refractivity contribution in [3.05, 3.63) is 59.0 Å². The second kappa shape index (κ2) is 7.60. The Bertz CT molecular complexity index is 1020. The van der Waals surface area contributed by atoms with Gasteiger partial charge in [0.05, 0.1) is 12.0 Å². The van der Waals surface area contributed by atoms with Gasteiger partial charge in [0.1, 0.15) is 23.9 Å². The van der Waals surface area contributed by atoms with Crippen molar-refractivity contribution in [2.75, 3.05) is 6.54 Å². The predicted octanol–water partition coefficient (Wildman–Crippen LogP) is 3.33. The molecule has 4 amide bonds. The molecule has 0 radical (unpaired) electrons. The van der Waals surface area contributed by atoms with E-state index in [0.717, 1.165) is 10.5 Å². The van der Waals surface area contributed by atoms with Gasteiger partial charge in [0.25, 0.3) is 11.8 Å². The topological polar surface area (TPSA) is 95.2 Å². The van der Waals surface area contributed by atoms with Gasteiger partial charge >= 0.3 is 6.03 Å². The van der Waals surface area contributed by atoms with E-state index in [1.54, 1.807) is 38.1 Å². The summed E-state index contributed by atoms with van der Waals surface area (Å²) in [4.78, 5) is 39.0. The molecule has 0 aliphatic carbocycles. The van der Waals surface area contributed by atoms with Gasteiger partial charge in [0.15, 0.2) is 0 Å². The first-order valence-electron chi connectivity index (χ1n) is 9.65. The molecule has 1 aromatic heterocycles. The van der Waals surface area contributed by atoms with Crippen LogP contribution in [-0.2, 0) is 9.59 Å². The van der Waals surface area contributed by atoms with Gasteiger partial charge < -0.3 is 9.73 Å². The third-order valence-electron chi connectivity index (χ3n) is 5.56. The molecule has 0 unspecified atom stereocenters. The van der Waals surface area contributed by atoms with Crippen LogP contribution in [0.3, 0.4) is 0 Å². The monoisotopic (exact) mass is 428 g/mol. The Hall–Kier alpha value is -3.13. The lowest BCUT2D eigenvalue weighted by atomic mass is 9.99. The molecule has 1 aromatic carbocycles. The van der Waals surface area contributed by atoms with Crippen LogP contribution in [-0.4, -0.2) is 45.5 Å². The fraction of sp³-hybridized carbons (Fsp3) is 0.333. The average molecular weight is 429 g/mol. The van der Waals surface area contributed by atoms with Crippen LogP contribution in [0.15, 0.2) is 52.2 Å². The number of imide groups is 1. The van der Waals surface area contributed by atoms with Crippen LogP contribution in [0.1, 0.15) is 44.1 Å². The number of nitrogens with zero attached hydrogens (tertiary/aromatic N) is 3. The number of furan rings is 1. The first-order chi connectivity index (χ1) is 14.3. The van der Waals surface area contributed by atoms with E-state index in [2.05, 4.69) is 10.4 Å². The summed E-state index contributed by atoms with van der Waals surface area (Å²) in [6, 6.07) is 9.65. The van der Waals surface area contributed by atoms with E-state index < -0.39 is 36.0 Å². The van der Waals surface area contributed by atoms with Crippen LogP contribution in [0, 0.1) is 0 Å². The third-order valence-corrected chi connectivity index (χ3v) is 5.81. The highest BCUT2D eigenvalue weighted by molar-refractivity contribution is 6.30. The van der Waals surface area contributed by atoms with Crippen molar-refractivity contribution < 1.29 is 18.8 Å². The minimum Gasteiger partial charge on any atom is -0.467 e. The summed E-state index contributed by atoms with van der Waals surface area (Å²) >= 11 is 5.97. The molecule has 2 atom stereocenters. The predicted molar refractivity (Wildman–Crippen MR) is 110 cm³/mol. The van der Waals surface area contributed by atoms with Crippen molar-refractivity contribution in [3.8, 4) is 0 Å². The van der Waals surface area contributed by atoms with Crippen LogP contribution in [0.2, 0.25) is 5.02 Å². The maximum Gasteiger partial charge on any atom is 0.325 e. The molecule has 1 saturated heterocycles. The molecule has 0 bridgehead atoms. The van der Waals surface area contributed by atoms with Crippen LogP contribution in [0.5, 0.6) is 0 Å². The van der Waals surface area contributed by atoms with E-state index >= 15 is 0 Å². The molecule has 1 fully saturated rings. The maximum atomic E-state index is 13.1. The zero-order valence-electron chi connectivity index (χ0n) is 16.6. The Morgan fingerprint density at radius 3 is 2.63 bits per heavy atom. The SMILES string of the molecule is CC[C@@]1(C)NC(=O)N(CC(=O)N2N=C(c3ccc(Cl)cc3)C[C@H]2c2ccco2)C1=O. The summed E-state index contributed by atoms with van der Waals surface area (Å²) in [5.41, 5.74) is 0.525. The van der Waals surface area contributed by atoms with E-state index in [9.17, 15) is 14.4 Å². The number of carbonyl (C=O) groups excluding carboxylic acids is 3. The summed E-state index contributed by atoms with van der Waals surface area (Å²) in [6.45, 7) is 3.06. The Kier molecular flexibility index (Phi) is 5.11. The summed E-state index contributed by atoms with van der Waals surface area (Å²) in [6.07, 6.45) is 2.40. The molecule has 9 heteroatoms. The summed E-state index contributed by atoms with van der Waals surface area (Å²) < 4.78 is 5.52. The largest absolute Gasteiger partial charge is 0.467 e. The molecular weight excluding hydrogens is 408 g/mol. The third kappa shape index (κ3) is 3.47. The number of halogens is 1. The lowest BCUT2D eigenvalue weighted by Crippen LogP contribution is -2.44. The molecule has 30 heavy (non-hydrogen) atoms. The molecule has 1 N–H and O–H groups in total. The summed E-state index contributed by atoms with van der Waals surface area (Å²) in [5, 5.41) is 9.05. The number of rotatable bonds is 5. The normalized spacial score (nSPS) is 23.7. The Balaban J connectivity index is 1.60. The van der Waals surface area contributed by atoms with Crippen LogP contribution in [0.25, 0.3) is 0 Å².